The molecule has 3 rings (SSSR count). The van der Waals surface area contributed by atoms with Gasteiger partial charge in [-0.3, -0.25) is 0 Å². The molecular weight excluding hydrogens is 252 g/mol. The minimum Gasteiger partial charge on any atom is -0.0738 e. The Balaban J connectivity index is 2.10. The van der Waals surface area contributed by atoms with Gasteiger partial charge in [-0.15, -0.1) is 0 Å². The predicted molar refractivity (Wildman–Crippen MR) is 92.6 cm³/mol. The summed E-state index contributed by atoms with van der Waals surface area (Å²) in [6, 6.07) is 15.7. The molecule has 0 unspecified atom stereocenters. The molecule has 0 aromatic heterocycles. The van der Waals surface area contributed by atoms with Crippen LogP contribution in [0.4, 0.5) is 0 Å². The van der Waals surface area contributed by atoms with Crippen LogP contribution >= 0.6 is 0 Å². The van der Waals surface area contributed by atoms with E-state index in [2.05, 4.69) is 89.2 Å². The van der Waals surface area contributed by atoms with Crippen molar-refractivity contribution in [2.24, 2.45) is 0 Å². The third-order valence-corrected chi connectivity index (χ3v) is 4.48. The number of allylic oxidation sites excluding steroid dienone is 1. The fourth-order valence-corrected chi connectivity index (χ4v) is 3.20. The summed E-state index contributed by atoms with van der Waals surface area (Å²) in [7, 11) is 0. The predicted octanol–water partition coefficient (Wildman–Crippen LogP) is 5.96. The molecule has 0 radical (unpaired) electrons. The third kappa shape index (κ3) is 2.44. The van der Waals surface area contributed by atoms with E-state index in [4.69, 9.17) is 0 Å². The number of hydrogen-bond donors (Lipinski definition) is 0. The number of benzene rings is 2. The Kier molecular flexibility index (Phi) is 3.09. The first-order chi connectivity index (χ1) is 9.79. The molecule has 1 aliphatic carbocycles. The molecule has 0 heteroatoms. The maximum absolute atomic E-state index is 2.31. The fourth-order valence-electron chi connectivity index (χ4n) is 3.20. The Morgan fingerprint density at radius 2 is 1.52 bits per heavy atom. The lowest BCUT2D eigenvalue weighted by atomic mass is 9.81. The summed E-state index contributed by atoms with van der Waals surface area (Å²) >= 11 is 0. The molecule has 0 nitrogen and oxygen atoms in total. The number of hydrogen-bond acceptors (Lipinski definition) is 0. The molecule has 2 aromatic carbocycles. The van der Waals surface area contributed by atoms with Crippen molar-refractivity contribution >= 4 is 6.08 Å². The zero-order valence-electron chi connectivity index (χ0n) is 13.7. The summed E-state index contributed by atoms with van der Waals surface area (Å²) in [6.45, 7) is 11.4. The van der Waals surface area contributed by atoms with Gasteiger partial charge in [0, 0.05) is 5.41 Å². The summed E-state index contributed by atoms with van der Waals surface area (Å²) in [4.78, 5) is 0. The Morgan fingerprint density at radius 3 is 2.14 bits per heavy atom. The summed E-state index contributed by atoms with van der Waals surface area (Å²) in [5.41, 5.74) is 7.20. The maximum atomic E-state index is 2.31. The van der Waals surface area contributed by atoms with Gasteiger partial charge in [-0.2, -0.15) is 0 Å². The van der Waals surface area contributed by atoms with Crippen molar-refractivity contribution in [1.29, 1.82) is 0 Å². The smallest absolute Gasteiger partial charge is 0.00907 e. The van der Waals surface area contributed by atoms with E-state index in [9.17, 15) is 0 Å². The van der Waals surface area contributed by atoms with E-state index >= 15 is 0 Å². The molecule has 0 N–H and O–H groups in total. The number of rotatable bonds is 1. The first-order valence-corrected chi connectivity index (χ1v) is 7.73. The largest absolute Gasteiger partial charge is 0.0738 e. The lowest BCUT2D eigenvalue weighted by molar-refractivity contribution is 0.590. The van der Waals surface area contributed by atoms with Crippen LogP contribution < -0.4 is 0 Å². The van der Waals surface area contributed by atoms with Crippen molar-refractivity contribution in [3.63, 3.8) is 0 Å². The molecule has 0 saturated heterocycles. The second kappa shape index (κ2) is 4.59. The van der Waals surface area contributed by atoms with Crippen LogP contribution in [-0.4, -0.2) is 0 Å². The van der Waals surface area contributed by atoms with Gasteiger partial charge in [0.25, 0.3) is 0 Å². The molecule has 0 heterocycles. The normalized spacial score (nSPS) is 16.0. The minimum atomic E-state index is 0.120. The first kappa shape index (κ1) is 14.1. The van der Waals surface area contributed by atoms with Gasteiger partial charge in [0.05, 0.1) is 0 Å². The Morgan fingerprint density at radius 1 is 0.857 bits per heavy atom. The molecular formula is C21H24. The topological polar surface area (TPSA) is 0 Å². The van der Waals surface area contributed by atoms with E-state index in [1.165, 1.54) is 27.8 Å². The van der Waals surface area contributed by atoms with Gasteiger partial charge in [-0.25, -0.2) is 0 Å². The van der Waals surface area contributed by atoms with Gasteiger partial charge < -0.3 is 0 Å². The molecule has 2 aromatic rings. The van der Waals surface area contributed by atoms with Crippen LogP contribution in [0.5, 0.6) is 0 Å². The van der Waals surface area contributed by atoms with E-state index in [0.717, 1.165) is 0 Å². The molecule has 0 fully saturated rings. The standard InChI is InChI=1S/C21H24/c1-20(2,3)17-11-9-15(10-12-17)18-8-6-7-16-13-14-21(4,5)19(16)18/h6-14H,1-5H3. The average Bonchev–Trinajstić information content (AvgIpc) is 2.74. The van der Waals surface area contributed by atoms with E-state index < -0.39 is 0 Å². The Bertz CT molecular complexity index is 692. The highest BCUT2D eigenvalue weighted by atomic mass is 14.3. The second-order valence-electron chi connectivity index (χ2n) is 7.65. The molecule has 0 saturated carbocycles. The van der Waals surface area contributed by atoms with E-state index in [1.807, 2.05) is 0 Å². The van der Waals surface area contributed by atoms with E-state index in [-0.39, 0.29) is 10.8 Å². The molecule has 0 amide bonds. The second-order valence-corrected chi connectivity index (χ2v) is 7.65. The van der Waals surface area contributed by atoms with Gasteiger partial charge in [0.2, 0.25) is 0 Å². The Labute approximate surface area is 128 Å². The molecule has 0 atom stereocenters. The minimum absolute atomic E-state index is 0.120. The SMILES string of the molecule is CC(C)(C)c1ccc(-c2cccc3c2C(C)(C)C=C3)cc1. The van der Waals surface area contributed by atoms with Gasteiger partial charge in [0.1, 0.15) is 0 Å². The molecule has 1 aliphatic rings. The molecule has 0 spiro atoms. The summed E-state index contributed by atoms with van der Waals surface area (Å²) in [6.07, 6.45) is 4.56. The third-order valence-electron chi connectivity index (χ3n) is 4.48. The average molecular weight is 276 g/mol. The number of fused-ring (bicyclic) bond motifs is 1. The van der Waals surface area contributed by atoms with Crippen molar-refractivity contribution in [2.75, 3.05) is 0 Å². The maximum Gasteiger partial charge on any atom is 0.00907 e. The highest BCUT2D eigenvalue weighted by Crippen LogP contribution is 2.41. The lowest BCUT2D eigenvalue weighted by Crippen LogP contribution is -2.13. The van der Waals surface area contributed by atoms with Gasteiger partial charge in [0.15, 0.2) is 0 Å². The van der Waals surface area contributed by atoms with Crippen molar-refractivity contribution in [3.05, 3.63) is 65.2 Å². The van der Waals surface area contributed by atoms with Crippen LogP contribution in [0.1, 0.15) is 51.3 Å². The van der Waals surface area contributed by atoms with Crippen molar-refractivity contribution in [2.45, 2.75) is 45.4 Å². The van der Waals surface area contributed by atoms with Gasteiger partial charge in [-0.05, 0) is 33.2 Å². The van der Waals surface area contributed by atoms with Crippen molar-refractivity contribution in [3.8, 4) is 11.1 Å². The van der Waals surface area contributed by atoms with Crippen LogP contribution in [-0.2, 0) is 10.8 Å². The molecule has 0 bridgehead atoms. The van der Waals surface area contributed by atoms with Crippen LogP contribution in [0.3, 0.4) is 0 Å². The fraction of sp³-hybridized carbons (Fsp3) is 0.333. The van der Waals surface area contributed by atoms with E-state index in [0.29, 0.717) is 0 Å². The highest BCUT2D eigenvalue weighted by molar-refractivity contribution is 5.78. The zero-order valence-corrected chi connectivity index (χ0v) is 13.7. The van der Waals surface area contributed by atoms with E-state index in [1.54, 1.807) is 0 Å². The molecule has 0 aliphatic heterocycles. The quantitative estimate of drug-likeness (QED) is 0.603. The summed E-state index contributed by atoms with van der Waals surface area (Å²) in [5.74, 6) is 0. The highest BCUT2D eigenvalue weighted by Gasteiger charge is 2.27. The molecule has 21 heavy (non-hydrogen) atoms. The van der Waals surface area contributed by atoms with Crippen molar-refractivity contribution < 1.29 is 0 Å². The monoisotopic (exact) mass is 276 g/mol. The Hall–Kier alpha value is -1.82. The van der Waals surface area contributed by atoms with Gasteiger partial charge in [-0.1, -0.05) is 89.2 Å². The van der Waals surface area contributed by atoms with Crippen LogP contribution in [0.15, 0.2) is 48.5 Å². The first-order valence-electron chi connectivity index (χ1n) is 7.73. The van der Waals surface area contributed by atoms with Crippen LogP contribution in [0.25, 0.3) is 17.2 Å². The molecule has 108 valence electrons. The van der Waals surface area contributed by atoms with Gasteiger partial charge >= 0.3 is 0 Å². The van der Waals surface area contributed by atoms with Crippen LogP contribution in [0, 0.1) is 0 Å². The van der Waals surface area contributed by atoms with Crippen LogP contribution in [0.2, 0.25) is 0 Å². The van der Waals surface area contributed by atoms with Crippen molar-refractivity contribution in [1.82, 2.24) is 0 Å². The lowest BCUT2D eigenvalue weighted by Gasteiger charge is -2.23. The summed E-state index contributed by atoms with van der Waals surface area (Å²) < 4.78 is 0. The zero-order chi connectivity index (χ0) is 15.3. The summed E-state index contributed by atoms with van der Waals surface area (Å²) in [5, 5.41) is 0.